The number of amides is 1. The molecule has 0 radical (unpaired) electrons. The van der Waals surface area contributed by atoms with Crippen LogP contribution in [0, 0.1) is 15.9 Å². The molecular formula is C15H13BrFN3O4. The number of benzene rings is 2. The Morgan fingerprint density at radius 1 is 1.29 bits per heavy atom. The summed E-state index contributed by atoms with van der Waals surface area (Å²) >= 11 is 3.14. The van der Waals surface area contributed by atoms with E-state index in [-0.39, 0.29) is 29.4 Å². The van der Waals surface area contributed by atoms with Gasteiger partial charge in [0.05, 0.1) is 36.0 Å². The molecule has 2 N–H and O–H groups in total. The molecule has 2 rings (SSSR count). The first kappa shape index (κ1) is 17.7. The van der Waals surface area contributed by atoms with Crippen molar-refractivity contribution in [3.8, 4) is 5.75 Å². The molecule has 0 heterocycles. The Balaban J connectivity index is 2.03. The molecule has 0 fully saturated rings. The Labute approximate surface area is 145 Å². The van der Waals surface area contributed by atoms with Crippen molar-refractivity contribution in [3.63, 3.8) is 0 Å². The predicted molar refractivity (Wildman–Crippen MR) is 90.9 cm³/mol. The van der Waals surface area contributed by atoms with E-state index in [1.165, 1.54) is 37.4 Å². The Morgan fingerprint density at radius 2 is 2.00 bits per heavy atom. The second kappa shape index (κ2) is 7.73. The number of methoxy groups -OCH3 is 1. The van der Waals surface area contributed by atoms with Gasteiger partial charge in [0.1, 0.15) is 11.6 Å². The van der Waals surface area contributed by atoms with Gasteiger partial charge in [-0.3, -0.25) is 14.9 Å². The number of ether oxygens (including phenoxy) is 1. The molecule has 2 aromatic rings. The molecule has 0 bridgehead atoms. The number of rotatable bonds is 6. The van der Waals surface area contributed by atoms with E-state index in [0.717, 1.165) is 0 Å². The highest BCUT2D eigenvalue weighted by atomic mass is 79.9. The lowest BCUT2D eigenvalue weighted by atomic mass is 10.2. The van der Waals surface area contributed by atoms with Crippen molar-refractivity contribution in [1.82, 2.24) is 0 Å². The van der Waals surface area contributed by atoms with E-state index in [9.17, 15) is 19.3 Å². The minimum Gasteiger partial charge on any atom is -0.494 e. The number of anilines is 2. The third-order valence-corrected chi connectivity index (χ3v) is 3.53. The Hall–Kier alpha value is -2.68. The van der Waals surface area contributed by atoms with Gasteiger partial charge in [-0.1, -0.05) is 15.9 Å². The Kier molecular flexibility index (Phi) is 5.69. The van der Waals surface area contributed by atoms with Gasteiger partial charge in [0.2, 0.25) is 5.91 Å². The number of nitrogens with zero attached hydrogens (tertiary/aromatic N) is 1. The molecule has 0 aromatic heterocycles. The van der Waals surface area contributed by atoms with Gasteiger partial charge in [0.15, 0.2) is 0 Å². The zero-order chi connectivity index (χ0) is 17.7. The molecule has 0 saturated carbocycles. The van der Waals surface area contributed by atoms with Crippen LogP contribution < -0.4 is 15.4 Å². The summed E-state index contributed by atoms with van der Waals surface area (Å²) in [7, 11) is 1.34. The van der Waals surface area contributed by atoms with Crippen LogP contribution >= 0.6 is 15.9 Å². The fraction of sp³-hybridized carbons (Fsp3) is 0.133. The number of hydrogen-bond donors (Lipinski definition) is 2. The lowest BCUT2D eigenvalue weighted by Gasteiger charge is -2.11. The van der Waals surface area contributed by atoms with Crippen LogP contribution in [-0.2, 0) is 4.79 Å². The number of nitrogens with one attached hydrogen (secondary N) is 2. The molecule has 24 heavy (non-hydrogen) atoms. The summed E-state index contributed by atoms with van der Waals surface area (Å²) in [6.45, 7) is -0.182. The van der Waals surface area contributed by atoms with Gasteiger partial charge in [0.25, 0.3) is 5.69 Å². The number of halogens is 2. The summed E-state index contributed by atoms with van der Waals surface area (Å²) in [5.74, 6) is -0.790. The molecule has 0 unspecified atom stereocenters. The lowest BCUT2D eigenvalue weighted by Crippen LogP contribution is -2.22. The second-order valence-corrected chi connectivity index (χ2v) is 5.58. The SMILES string of the molecule is COc1cc([N+](=O)[O-])ccc1NC(=O)CNc1ccc(Br)cc1F. The van der Waals surface area contributed by atoms with Crippen LogP contribution in [0.1, 0.15) is 0 Å². The van der Waals surface area contributed by atoms with Crippen molar-refractivity contribution < 1.29 is 18.8 Å². The van der Waals surface area contributed by atoms with Crippen LogP contribution in [0.4, 0.5) is 21.5 Å². The van der Waals surface area contributed by atoms with Gasteiger partial charge >= 0.3 is 0 Å². The van der Waals surface area contributed by atoms with E-state index in [1.54, 1.807) is 6.07 Å². The number of non-ortho nitro benzene ring substituents is 1. The Bertz CT molecular complexity index is 785. The fourth-order valence-corrected chi connectivity index (χ4v) is 2.23. The topological polar surface area (TPSA) is 93.5 Å². The van der Waals surface area contributed by atoms with Crippen LogP contribution in [0.3, 0.4) is 0 Å². The summed E-state index contributed by atoms with van der Waals surface area (Å²) in [5.41, 5.74) is 0.315. The summed E-state index contributed by atoms with van der Waals surface area (Å²) in [6, 6.07) is 8.24. The maximum absolute atomic E-state index is 13.7. The average molecular weight is 398 g/mol. The first-order valence-corrected chi connectivity index (χ1v) is 7.51. The maximum atomic E-state index is 13.7. The van der Waals surface area contributed by atoms with E-state index in [4.69, 9.17) is 4.74 Å². The number of carbonyl (C=O) groups is 1. The summed E-state index contributed by atoms with van der Waals surface area (Å²) in [4.78, 5) is 22.1. The van der Waals surface area contributed by atoms with Crippen molar-refractivity contribution in [3.05, 3.63) is 56.8 Å². The molecule has 0 aliphatic heterocycles. The quantitative estimate of drug-likeness (QED) is 0.574. The molecule has 0 saturated heterocycles. The van der Waals surface area contributed by atoms with Gasteiger partial charge < -0.3 is 15.4 Å². The van der Waals surface area contributed by atoms with Gasteiger partial charge in [0, 0.05) is 10.5 Å². The van der Waals surface area contributed by atoms with E-state index in [0.29, 0.717) is 4.47 Å². The molecule has 0 atom stereocenters. The number of nitro groups is 1. The second-order valence-electron chi connectivity index (χ2n) is 4.67. The highest BCUT2D eigenvalue weighted by molar-refractivity contribution is 9.10. The molecular weight excluding hydrogens is 385 g/mol. The lowest BCUT2D eigenvalue weighted by molar-refractivity contribution is -0.384. The molecule has 0 aliphatic carbocycles. The van der Waals surface area contributed by atoms with Gasteiger partial charge in [-0.25, -0.2) is 4.39 Å². The fourth-order valence-electron chi connectivity index (χ4n) is 1.90. The molecule has 1 amide bonds. The van der Waals surface area contributed by atoms with Crippen LogP contribution in [-0.4, -0.2) is 24.5 Å². The van der Waals surface area contributed by atoms with Gasteiger partial charge in [-0.2, -0.15) is 0 Å². The van der Waals surface area contributed by atoms with E-state index in [2.05, 4.69) is 26.6 Å². The van der Waals surface area contributed by atoms with Crippen molar-refractivity contribution in [2.24, 2.45) is 0 Å². The largest absolute Gasteiger partial charge is 0.494 e. The van der Waals surface area contributed by atoms with Crippen LogP contribution in [0.25, 0.3) is 0 Å². The zero-order valence-electron chi connectivity index (χ0n) is 12.5. The van der Waals surface area contributed by atoms with E-state index >= 15 is 0 Å². The standard InChI is InChI=1S/C15H13BrFN3O4/c1-24-14-7-10(20(22)23)3-5-13(14)19-15(21)8-18-12-4-2-9(16)6-11(12)17/h2-7,18H,8H2,1H3,(H,19,21). The summed E-state index contributed by atoms with van der Waals surface area (Å²) in [6.07, 6.45) is 0. The molecule has 9 heteroatoms. The van der Waals surface area contributed by atoms with Crippen molar-refractivity contribution in [2.45, 2.75) is 0 Å². The number of nitro benzene ring substituents is 1. The van der Waals surface area contributed by atoms with Gasteiger partial charge in [-0.05, 0) is 24.3 Å². The van der Waals surface area contributed by atoms with E-state index in [1.807, 2.05) is 0 Å². The molecule has 0 spiro atoms. The smallest absolute Gasteiger partial charge is 0.273 e. The number of hydrogen-bond acceptors (Lipinski definition) is 5. The first-order valence-electron chi connectivity index (χ1n) is 6.72. The third-order valence-electron chi connectivity index (χ3n) is 3.04. The van der Waals surface area contributed by atoms with Crippen molar-refractivity contribution >= 4 is 38.9 Å². The normalized spacial score (nSPS) is 10.1. The predicted octanol–water partition coefficient (Wildman–Crippen LogP) is 3.56. The van der Waals surface area contributed by atoms with Crippen LogP contribution in [0.5, 0.6) is 5.75 Å². The molecule has 126 valence electrons. The highest BCUT2D eigenvalue weighted by Crippen LogP contribution is 2.29. The maximum Gasteiger partial charge on any atom is 0.273 e. The van der Waals surface area contributed by atoms with E-state index < -0.39 is 16.6 Å². The minimum atomic E-state index is -0.564. The molecule has 7 nitrogen and oxygen atoms in total. The zero-order valence-corrected chi connectivity index (χ0v) is 14.1. The third kappa shape index (κ3) is 4.42. The molecule has 0 aliphatic rings. The van der Waals surface area contributed by atoms with Crippen LogP contribution in [0.2, 0.25) is 0 Å². The molecule has 2 aromatic carbocycles. The number of carbonyl (C=O) groups excluding carboxylic acids is 1. The van der Waals surface area contributed by atoms with Gasteiger partial charge in [-0.15, -0.1) is 0 Å². The minimum absolute atomic E-state index is 0.153. The Morgan fingerprint density at radius 3 is 2.62 bits per heavy atom. The van der Waals surface area contributed by atoms with Crippen molar-refractivity contribution in [2.75, 3.05) is 24.3 Å². The first-order chi connectivity index (χ1) is 11.4. The van der Waals surface area contributed by atoms with Crippen molar-refractivity contribution in [1.29, 1.82) is 0 Å². The van der Waals surface area contributed by atoms with Crippen LogP contribution in [0.15, 0.2) is 40.9 Å². The highest BCUT2D eigenvalue weighted by Gasteiger charge is 2.13. The average Bonchev–Trinajstić information content (AvgIpc) is 2.54. The monoisotopic (exact) mass is 397 g/mol. The summed E-state index contributed by atoms with van der Waals surface area (Å²) in [5, 5.41) is 15.9. The summed E-state index contributed by atoms with van der Waals surface area (Å²) < 4.78 is 19.3.